The van der Waals surface area contributed by atoms with Crippen molar-refractivity contribution in [2.75, 3.05) is 18.0 Å². The molecule has 1 amide bonds. The maximum atomic E-state index is 12.1. The number of anilines is 2. The molecular weight excluding hydrogens is 380 g/mol. The monoisotopic (exact) mass is 406 g/mol. The Kier molecular flexibility index (Phi) is 6.57. The van der Waals surface area contributed by atoms with E-state index in [1.54, 1.807) is 0 Å². The van der Waals surface area contributed by atoms with E-state index in [1.165, 1.54) is 0 Å². The molecule has 156 valence electrons. The summed E-state index contributed by atoms with van der Waals surface area (Å²) >= 11 is 0. The molecule has 0 saturated carbocycles. The van der Waals surface area contributed by atoms with Crippen molar-refractivity contribution in [3.8, 4) is 17.2 Å². The highest BCUT2D eigenvalue weighted by Gasteiger charge is 2.39. The molecule has 0 spiro atoms. The van der Waals surface area contributed by atoms with Gasteiger partial charge in [0.1, 0.15) is 5.82 Å². The zero-order chi connectivity index (χ0) is 21.6. The second-order valence-corrected chi connectivity index (χ2v) is 7.45. The van der Waals surface area contributed by atoms with Crippen LogP contribution >= 0.6 is 0 Å². The Morgan fingerprint density at radius 3 is 2.73 bits per heavy atom. The van der Waals surface area contributed by atoms with E-state index in [0.717, 1.165) is 22.4 Å². The van der Waals surface area contributed by atoms with E-state index in [9.17, 15) is 4.79 Å². The molecule has 0 atom stereocenters. The summed E-state index contributed by atoms with van der Waals surface area (Å²) in [6.07, 6.45) is 3.14. The molecule has 1 aliphatic rings. The van der Waals surface area contributed by atoms with Crippen LogP contribution in [0.1, 0.15) is 43.4 Å². The first-order valence-electron chi connectivity index (χ1n) is 9.99. The van der Waals surface area contributed by atoms with Gasteiger partial charge in [0, 0.05) is 37.8 Å². The predicted molar refractivity (Wildman–Crippen MR) is 114 cm³/mol. The summed E-state index contributed by atoms with van der Waals surface area (Å²) in [4.78, 5) is 20.6. The molecule has 1 aliphatic heterocycles. The van der Waals surface area contributed by atoms with Crippen molar-refractivity contribution in [1.29, 1.82) is 5.26 Å². The van der Waals surface area contributed by atoms with E-state index in [1.807, 2.05) is 31.2 Å². The van der Waals surface area contributed by atoms with Crippen LogP contribution in [-0.4, -0.2) is 28.1 Å². The highest BCUT2D eigenvalue weighted by atomic mass is 16.1. The number of nitrogen functional groups attached to an aromatic ring is 2. The van der Waals surface area contributed by atoms with Gasteiger partial charge in [-0.1, -0.05) is 29.8 Å². The van der Waals surface area contributed by atoms with Crippen molar-refractivity contribution < 1.29 is 4.79 Å². The number of amides is 1. The molecule has 1 aromatic heterocycles. The molecule has 30 heavy (non-hydrogen) atoms. The largest absolute Gasteiger partial charge is 0.383 e. The Morgan fingerprint density at radius 2 is 2.03 bits per heavy atom. The lowest BCUT2D eigenvalue weighted by Gasteiger charge is -2.13. The fourth-order valence-electron chi connectivity index (χ4n) is 3.38. The van der Waals surface area contributed by atoms with Crippen LogP contribution in [0.5, 0.6) is 0 Å². The maximum absolute atomic E-state index is 12.1. The molecule has 0 aliphatic carbocycles. The van der Waals surface area contributed by atoms with Crippen LogP contribution in [0.2, 0.25) is 0 Å². The van der Waals surface area contributed by atoms with Crippen molar-refractivity contribution in [2.45, 2.75) is 51.1 Å². The highest BCUT2D eigenvalue weighted by Crippen LogP contribution is 2.37. The molecule has 0 saturated heterocycles. The number of nitrogens with one attached hydrogen (secondary N) is 1. The first kappa shape index (κ1) is 21.2. The van der Waals surface area contributed by atoms with Gasteiger partial charge in [0.2, 0.25) is 11.9 Å². The number of benzene rings is 1. The minimum Gasteiger partial charge on any atom is -0.383 e. The zero-order valence-electron chi connectivity index (χ0n) is 17.1. The average molecular weight is 406 g/mol. The van der Waals surface area contributed by atoms with Gasteiger partial charge in [-0.2, -0.15) is 20.5 Å². The first-order chi connectivity index (χ1) is 14.4. The van der Waals surface area contributed by atoms with Crippen LogP contribution in [0, 0.1) is 18.3 Å². The zero-order valence-corrected chi connectivity index (χ0v) is 17.1. The number of nitriles is 1. The lowest BCUT2D eigenvalue weighted by molar-refractivity contribution is -0.121. The molecule has 0 unspecified atom stereocenters. The second-order valence-electron chi connectivity index (χ2n) is 7.45. The predicted octanol–water partition coefficient (Wildman–Crippen LogP) is 2.91. The number of hydrogen-bond acceptors (Lipinski definition) is 8. The van der Waals surface area contributed by atoms with E-state index < -0.39 is 5.66 Å². The summed E-state index contributed by atoms with van der Waals surface area (Å²) in [5, 5.41) is 19.6. The fourth-order valence-corrected chi connectivity index (χ4v) is 3.38. The minimum atomic E-state index is -0.508. The molecule has 3 rings (SSSR count). The molecule has 2 aromatic rings. The van der Waals surface area contributed by atoms with E-state index in [0.29, 0.717) is 50.9 Å². The third-order valence-corrected chi connectivity index (χ3v) is 5.02. The lowest BCUT2D eigenvalue weighted by atomic mass is 10.00. The van der Waals surface area contributed by atoms with Crippen LogP contribution in [-0.2, 0) is 11.2 Å². The third kappa shape index (κ3) is 5.50. The Hall–Kier alpha value is -3.54. The van der Waals surface area contributed by atoms with Gasteiger partial charge < -0.3 is 16.8 Å². The highest BCUT2D eigenvalue weighted by molar-refractivity contribution is 5.77. The Balaban J connectivity index is 1.52. The number of nitrogens with two attached hydrogens (primary N) is 2. The standard InChI is InChI=1S/C21H26N8O/c1-14-5-2-6-15(13-14)18-16(26-20(24)27-19(18)23)7-3-12-25-17(30)8-10-21(28-29-21)9-4-11-22/h2,5-6,13H,3-4,7-10,12H2,1H3,(H,25,30)(H4,23,24,26,27). The SMILES string of the molecule is Cc1cccc(-c2c(N)nc(N)nc2CCCNC(=O)CCC2(CCC#N)N=N2)c1. The maximum Gasteiger partial charge on any atom is 0.222 e. The average Bonchev–Trinajstić information content (AvgIpc) is 3.48. The smallest absolute Gasteiger partial charge is 0.222 e. The van der Waals surface area contributed by atoms with Gasteiger partial charge in [0.05, 0.1) is 11.8 Å². The molecule has 1 aromatic carbocycles. The number of aryl methyl sites for hydroxylation is 2. The van der Waals surface area contributed by atoms with Gasteiger partial charge in [0.15, 0.2) is 5.66 Å². The molecule has 9 nitrogen and oxygen atoms in total. The number of carbonyl (C=O) groups is 1. The second kappa shape index (κ2) is 9.31. The van der Waals surface area contributed by atoms with Crippen molar-refractivity contribution in [1.82, 2.24) is 15.3 Å². The fraction of sp³-hybridized carbons (Fsp3) is 0.429. The normalized spacial score (nSPS) is 13.6. The van der Waals surface area contributed by atoms with Crippen molar-refractivity contribution in [3.05, 3.63) is 35.5 Å². The summed E-state index contributed by atoms with van der Waals surface area (Å²) in [6, 6.07) is 10.1. The number of hydrogen-bond donors (Lipinski definition) is 3. The molecular formula is C21H26N8O. The van der Waals surface area contributed by atoms with Crippen molar-refractivity contribution >= 4 is 17.7 Å². The Morgan fingerprint density at radius 1 is 1.23 bits per heavy atom. The number of rotatable bonds is 10. The van der Waals surface area contributed by atoms with Crippen LogP contribution in [0.3, 0.4) is 0 Å². The molecule has 5 N–H and O–H groups in total. The first-order valence-corrected chi connectivity index (χ1v) is 9.99. The minimum absolute atomic E-state index is 0.0516. The molecule has 9 heteroatoms. The van der Waals surface area contributed by atoms with E-state index >= 15 is 0 Å². The number of nitrogens with zero attached hydrogens (tertiary/aromatic N) is 5. The van der Waals surface area contributed by atoms with E-state index in [-0.39, 0.29) is 11.9 Å². The lowest BCUT2D eigenvalue weighted by Crippen LogP contribution is -2.26. The quantitative estimate of drug-likeness (QED) is 0.515. The van der Waals surface area contributed by atoms with Crippen LogP contribution in [0.25, 0.3) is 11.1 Å². The molecule has 0 bridgehead atoms. The van der Waals surface area contributed by atoms with Crippen molar-refractivity contribution in [3.63, 3.8) is 0 Å². The van der Waals surface area contributed by atoms with Gasteiger partial charge in [-0.15, -0.1) is 0 Å². The van der Waals surface area contributed by atoms with Crippen LogP contribution in [0.4, 0.5) is 11.8 Å². The Bertz CT molecular complexity index is 989. The van der Waals surface area contributed by atoms with Crippen LogP contribution < -0.4 is 16.8 Å². The number of carbonyl (C=O) groups excluding carboxylic acids is 1. The van der Waals surface area contributed by atoms with E-state index in [4.69, 9.17) is 16.7 Å². The summed E-state index contributed by atoms with van der Waals surface area (Å²) in [6.45, 7) is 2.52. The Labute approximate surface area is 175 Å². The summed E-state index contributed by atoms with van der Waals surface area (Å²) in [5.41, 5.74) is 15.1. The number of aromatic nitrogens is 2. The van der Waals surface area contributed by atoms with Gasteiger partial charge in [-0.05, 0) is 25.3 Å². The van der Waals surface area contributed by atoms with Gasteiger partial charge >= 0.3 is 0 Å². The summed E-state index contributed by atoms with van der Waals surface area (Å²) < 4.78 is 0. The van der Waals surface area contributed by atoms with Gasteiger partial charge in [-0.3, -0.25) is 4.79 Å². The third-order valence-electron chi connectivity index (χ3n) is 5.02. The van der Waals surface area contributed by atoms with Crippen LogP contribution in [0.15, 0.2) is 34.5 Å². The van der Waals surface area contributed by atoms with Gasteiger partial charge in [-0.25, -0.2) is 4.98 Å². The summed E-state index contributed by atoms with van der Waals surface area (Å²) in [5.74, 6) is 0.443. The topological polar surface area (TPSA) is 155 Å². The molecule has 2 heterocycles. The molecule has 0 fully saturated rings. The van der Waals surface area contributed by atoms with Crippen molar-refractivity contribution in [2.24, 2.45) is 10.2 Å². The van der Waals surface area contributed by atoms with Gasteiger partial charge in [0.25, 0.3) is 0 Å². The molecule has 0 radical (unpaired) electrons. The van der Waals surface area contributed by atoms with E-state index in [2.05, 4.69) is 31.6 Å². The summed E-state index contributed by atoms with van der Waals surface area (Å²) in [7, 11) is 0.